The largest absolute Gasteiger partial charge is 0.494 e. The first kappa shape index (κ1) is 16.3. The Morgan fingerprint density at radius 1 is 0.600 bits per heavy atom. The van der Waals surface area contributed by atoms with Gasteiger partial charge in [-0.1, -0.05) is 0 Å². The average molecular weight is 530 g/mol. The van der Waals surface area contributed by atoms with Crippen molar-refractivity contribution in [3.05, 3.63) is 42.2 Å². The van der Waals surface area contributed by atoms with Crippen molar-refractivity contribution in [2.75, 3.05) is 14.2 Å². The molecule has 2 aromatic rings. The number of rotatable bonds is 3. The Kier molecular flexibility index (Phi) is 5.56. The molecule has 2 aromatic carbocycles. The molecule has 20 heavy (non-hydrogen) atoms. The second-order valence-electron chi connectivity index (χ2n) is 3.95. The minimum Gasteiger partial charge on any atom is -0.494 e. The molecule has 0 aliphatic heterocycles. The van der Waals surface area contributed by atoms with Crippen molar-refractivity contribution in [3.63, 3.8) is 0 Å². The zero-order chi connectivity index (χ0) is 14.9. The third-order valence-corrected chi connectivity index (χ3v) is 5.09. The molecule has 0 aliphatic carbocycles. The molecular weight excluding hydrogens is 520 g/mol. The minimum atomic E-state index is 0.778. The van der Waals surface area contributed by atoms with Gasteiger partial charge in [-0.15, -0.1) is 0 Å². The van der Waals surface area contributed by atoms with Gasteiger partial charge in [0.1, 0.15) is 11.5 Å². The minimum absolute atomic E-state index is 0.778. The third kappa shape index (κ3) is 3.24. The van der Waals surface area contributed by atoms with Gasteiger partial charge in [0.25, 0.3) is 0 Å². The van der Waals surface area contributed by atoms with Crippen LogP contribution in [0, 0.1) is 0 Å². The van der Waals surface area contributed by atoms with Crippen LogP contribution in [0.5, 0.6) is 11.5 Å². The Morgan fingerprint density at radius 3 is 1.05 bits per heavy atom. The van der Waals surface area contributed by atoms with Gasteiger partial charge in [-0.3, -0.25) is 0 Å². The first-order valence-corrected chi connectivity index (χ1v) is 8.71. The predicted octanol–water partition coefficient (Wildman–Crippen LogP) is 6.42. The van der Waals surface area contributed by atoms with E-state index in [-0.39, 0.29) is 0 Å². The molecule has 0 unspecified atom stereocenters. The van der Waals surface area contributed by atoms with E-state index in [1.54, 1.807) is 14.2 Å². The molecule has 0 aromatic heterocycles. The molecule has 0 bridgehead atoms. The predicted molar refractivity (Wildman–Crippen MR) is 95.8 cm³/mol. The average Bonchev–Trinajstić information content (AvgIpc) is 2.37. The molecule has 0 atom stereocenters. The van der Waals surface area contributed by atoms with E-state index < -0.39 is 0 Å². The molecule has 0 aliphatic rings. The summed E-state index contributed by atoms with van der Waals surface area (Å²) in [5.41, 5.74) is 2.13. The Hall–Kier alpha value is -0.0400. The molecule has 0 amide bonds. The van der Waals surface area contributed by atoms with Crippen molar-refractivity contribution < 1.29 is 9.47 Å². The van der Waals surface area contributed by atoms with Crippen LogP contribution in [0.3, 0.4) is 0 Å². The van der Waals surface area contributed by atoms with E-state index >= 15 is 0 Å². The van der Waals surface area contributed by atoms with Crippen molar-refractivity contribution in [1.82, 2.24) is 0 Å². The summed E-state index contributed by atoms with van der Waals surface area (Å²) < 4.78 is 14.2. The summed E-state index contributed by atoms with van der Waals surface area (Å²) in [6.45, 7) is 0. The third-order valence-electron chi connectivity index (χ3n) is 2.74. The molecule has 106 valence electrons. The topological polar surface area (TPSA) is 18.5 Å². The highest BCUT2D eigenvalue weighted by atomic mass is 79.9. The van der Waals surface area contributed by atoms with Gasteiger partial charge in [0.05, 0.1) is 32.1 Å². The van der Waals surface area contributed by atoms with Crippen LogP contribution in [0.1, 0.15) is 0 Å². The SMILES string of the molecule is COc1c(Br)cc(-c2cc(Br)c(OC)c(Br)c2)cc1Br. The summed E-state index contributed by atoms with van der Waals surface area (Å²) in [4.78, 5) is 0. The van der Waals surface area contributed by atoms with E-state index in [4.69, 9.17) is 9.47 Å². The summed E-state index contributed by atoms with van der Waals surface area (Å²) in [5, 5.41) is 0. The molecule has 2 rings (SSSR count). The van der Waals surface area contributed by atoms with E-state index in [2.05, 4.69) is 63.7 Å². The molecular formula is C14H10Br4O2. The van der Waals surface area contributed by atoms with Crippen LogP contribution in [0.2, 0.25) is 0 Å². The van der Waals surface area contributed by atoms with Crippen LogP contribution < -0.4 is 9.47 Å². The molecule has 2 nitrogen and oxygen atoms in total. The summed E-state index contributed by atoms with van der Waals surface area (Å²) in [5.74, 6) is 1.56. The molecule has 0 saturated heterocycles. The second-order valence-corrected chi connectivity index (χ2v) is 7.36. The monoisotopic (exact) mass is 526 g/mol. The number of hydrogen-bond donors (Lipinski definition) is 0. The summed E-state index contributed by atoms with van der Waals surface area (Å²) in [6.07, 6.45) is 0. The maximum Gasteiger partial charge on any atom is 0.147 e. The van der Waals surface area contributed by atoms with Crippen molar-refractivity contribution >= 4 is 63.7 Å². The normalized spacial score (nSPS) is 10.5. The first-order valence-electron chi connectivity index (χ1n) is 5.54. The molecule has 0 N–H and O–H groups in total. The van der Waals surface area contributed by atoms with Crippen LogP contribution in [0.25, 0.3) is 11.1 Å². The lowest BCUT2D eigenvalue weighted by molar-refractivity contribution is 0.409. The Labute approximate surface area is 151 Å². The molecule has 0 spiro atoms. The van der Waals surface area contributed by atoms with E-state index in [1.807, 2.05) is 24.3 Å². The van der Waals surface area contributed by atoms with Crippen molar-refractivity contribution in [1.29, 1.82) is 0 Å². The Balaban J connectivity index is 2.58. The van der Waals surface area contributed by atoms with Gasteiger partial charge in [0, 0.05) is 0 Å². The van der Waals surface area contributed by atoms with Crippen LogP contribution in [0.4, 0.5) is 0 Å². The zero-order valence-electron chi connectivity index (χ0n) is 10.6. The van der Waals surface area contributed by atoms with Crippen molar-refractivity contribution in [2.24, 2.45) is 0 Å². The van der Waals surface area contributed by atoms with Crippen LogP contribution in [-0.2, 0) is 0 Å². The Bertz CT molecular complexity index is 552. The van der Waals surface area contributed by atoms with Crippen molar-refractivity contribution in [2.45, 2.75) is 0 Å². The number of methoxy groups -OCH3 is 2. The van der Waals surface area contributed by atoms with Gasteiger partial charge in [0.15, 0.2) is 0 Å². The molecule has 0 radical (unpaired) electrons. The summed E-state index contributed by atoms with van der Waals surface area (Å²) in [6, 6.07) is 8.07. The molecule has 0 saturated carbocycles. The number of benzene rings is 2. The zero-order valence-corrected chi connectivity index (χ0v) is 17.0. The maximum absolute atomic E-state index is 5.32. The number of halogens is 4. The van der Waals surface area contributed by atoms with Gasteiger partial charge in [-0.05, 0) is 99.1 Å². The van der Waals surface area contributed by atoms with Gasteiger partial charge in [-0.25, -0.2) is 0 Å². The van der Waals surface area contributed by atoms with Gasteiger partial charge >= 0.3 is 0 Å². The van der Waals surface area contributed by atoms with Gasteiger partial charge in [0.2, 0.25) is 0 Å². The standard InChI is InChI=1S/C14H10Br4O2/c1-19-13-9(15)3-7(4-10(13)16)8-5-11(17)14(20-2)12(18)6-8/h3-6H,1-2H3. The first-order chi connectivity index (χ1) is 9.47. The highest BCUT2D eigenvalue weighted by molar-refractivity contribution is 9.11. The lowest BCUT2D eigenvalue weighted by Crippen LogP contribution is -1.90. The van der Waals surface area contributed by atoms with Crippen LogP contribution in [0.15, 0.2) is 42.2 Å². The Morgan fingerprint density at radius 2 is 0.850 bits per heavy atom. The summed E-state index contributed by atoms with van der Waals surface area (Å²) >= 11 is 14.1. The molecule has 6 heteroatoms. The smallest absolute Gasteiger partial charge is 0.147 e. The fraction of sp³-hybridized carbons (Fsp3) is 0.143. The highest BCUT2D eigenvalue weighted by Crippen LogP contribution is 2.41. The fourth-order valence-corrected chi connectivity index (χ4v) is 4.86. The lowest BCUT2D eigenvalue weighted by Gasteiger charge is -2.12. The summed E-state index contributed by atoms with van der Waals surface area (Å²) in [7, 11) is 3.29. The molecule has 0 fully saturated rings. The van der Waals surface area contributed by atoms with E-state index in [0.717, 1.165) is 40.5 Å². The fourth-order valence-electron chi connectivity index (χ4n) is 1.84. The molecule has 0 heterocycles. The van der Waals surface area contributed by atoms with Crippen molar-refractivity contribution in [3.8, 4) is 22.6 Å². The van der Waals surface area contributed by atoms with Gasteiger partial charge < -0.3 is 9.47 Å². The lowest BCUT2D eigenvalue weighted by atomic mass is 10.1. The van der Waals surface area contributed by atoms with Crippen LogP contribution >= 0.6 is 63.7 Å². The number of hydrogen-bond acceptors (Lipinski definition) is 2. The van der Waals surface area contributed by atoms with E-state index in [0.29, 0.717) is 0 Å². The number of ether oxygens (including phenoxy) is 2. The van der Waals surface area contributed by atoms with E-state index in [1.165, 1.54) is 0 Å². The second kappa shape index (κ2) is 6.81. The van der Waals surface area contributed by atoms with Crippen LogP contribution in [-0.4, -0.2) is 14.2 Å². The highest BCUT2D eigenvalue weighted by Gasteiger charge is 2.12. The maximum atomic E-state index is 5.32. The quantitative estimate of drug-likeness (QED) is 0.457. The van der Waals surface area contributed by atoms with Gasteiger partial charge in [-0.2, -0.15) is 0 Å². The van der Waals surface area contributed by atoms with E-state index in [9.17, 15) is 0 Å².